The van der Waals surface area contributed by atoms with Crippen molar-refractivity contribution in [3.05, 3.63) is 25.6 Å². The average Bonchev–Trinajstić information content (AvgIpc) is 2.14. The Bertz CT molecular complexity index is 170. The van der Waals surface area contributed by atoms with Gasteiger partial charge in [-0.3, -0.25) is 4.79 Å². The Kier molecular flexibility index (Phi) is 6.69. The molecule has 13 heavy (non-hydrogen) atoms. The molecule has 0 atom stereocenters. The quantitative estimate of drug-likeness (QED) is 0.446. The second-order valence-electron chi connectivity index (χ2n) is 2.61. The average molecular weight is 183 g/mol. The lowest BCUT2D eigenvalue weighted by Gasteiger charge is -2.12. The van der Waals surface area contributed by atoms with E-state index < -0.39 is 0 Å². The molecule has 0 radical (unpaired) electrons. The SMILES string of the molecule is C=CN(C=C)CC(=O)OCCCC. The molecule has 0 saturated carbocycles. The molecule has 0 amide bonds. The minimum atomic E-state index is -0.242. The lowest BCUT2D eigenvalue weighted by molar-refractivity contribution is -0.143. The van der Waals surface area contributed by atoms with Crippen LogP contribution in [0.5, 0.6) is 0 Å². The summed E-state index contributed by atoms with van der Waals surface area (Å²) < 4.78 is 4.94. The van der Waals surface area contributed by atoms with Crippen molar-refractivity contribution in [3.63, 3.8) is 0 Å². The molecular formula is C10H17NO2. The van der Waals surface area contributed by atoms with E-state index in [-0.39, 0.29) is 12.5 Å². The summed E-state index contributed by atoms with van der Waals surface area (Å²) in [6.45, 7) is 9.79. The third kappa shape index (κ3) is 5.96. The van der Waals surface area contributed by atoms with Crippen LogP contribution in [0.2, 0.25) is 0 Å². The van der Waals surface area contributed by atoms with Gasteiger partial charge in [-0.25, -0.2) is 0 Å². The van der Waals surface area contributed by atoms with E-state index in [9.17, 15) is 4.79 Å². The van der Waals surface area contributed by atoms with Crippen LogP contribution in [-0.2, 0) is 9.53 Å². The van der Waals surface area contributed by atoms with E-state index in [1.54, 1.807) is 4.90 Å². The van der Waals surface area contributed by atoms with Crippen molar-refractivity contribution in [2.24, 2.45) is 0 Å². The van der Waals surface area contributed by atoms with E-state index in [0.29, 0.717) is 6.61 Å². The molecule has 0 bridgehead atoms. The van der Waals surface area contributed by atoms with Crippen LogP contribution in [0, 0.1) is 0 Å². The molecule has 0 rings (SSSR count). The number of rotatable bonds is 7. The highest BCUT2D eigenvalue weighted by molar-refractivity contribution is 5.71. The number of esters is 1. The summed E-state index contributed by atoms with van der Waals surface area (Å²) in [6.07, 6.45) is 5.01. The zero-order chi connectivity index (χ0) is 10.1. The van der Waals surface area contributed by atoms with E-state index >= 15 is 0 Å². The molecule has 0 aromatic carbocycles. The predicted molar refractivity (Wildman–Crippen MR) is 53.0 cm³/mol. The van der Waals surface area contributed by atoms with Gasteiger partial charge in [-0.15, -0.1) is 0 Å². The van der Waals surface area contributed by atoms with Crippen LogP contribution < -0.4 is 0 Å². The molecule has 0 fully saturated rings. The molecule has 0 aromatic heterocycles. The van der Waals surface area contributed by atoms with E-state index in [1.807, 2.05) is 6.92 Å². The van der Waals surface area contributed by atoms with E-state index in [0.717, 1.165) is 12.8 Å². The maximum absolute atomic E-state index is 11.1. The topological polar surface area (TPSA) is 29.5 Å². The molecule has 0 spiro atoms. The number of hydrogen-bond donors (Lipinski definition) is 0. The van der Waals surface area contributed by atoms with Crippen LogP contribution >= 0.6 is 0 Å². The maximum Gasteiger partial charge on any atom is 0.325 e. The minimum Gasteiger partial charge on any atom is -0.464 e. The molecule has 0 unspecified atom stereocenters. The first-order valence-corrected chi connectivity index (χ1v) is 4.41. The number of carbonyl (C=O) groups is 1. The highest BCUT2D eigenvalue weighted by Crippen LogP contribution is 1.93. The Morgan fingerprint density at radius 2 is 2.08 bits per heavy atom. The fourth-order valence-electron chi connectivity index (χ4n) is 0.729. The van der Waals surface area contributed by atoms with E-state index in [2.05, 4.69) is 13.2 Å². The third-order valence-electron chi connectivity index (χ3n) is 1.54. The summed E-state index contributed by atoms with van der Waals surface area (Å²) in [6, 6.07) is 0. The predicted octanol–water partition coefficient (Wildman–Crippen LogP) is 1.92. The highest BCUT2D eigenvalue weighted by Gasteiger charge is 2.04. The van der Waals surface area contributed by atoms with Crippen molar-refractivity contribution in [2.75, 3.05) is 13.2 Å². The summed E-state index contributed by atoms with van der Waals surface area (Å²) in [5.74, 6) is -0.242. The number of ether oxygens (including phenoxy) is 1. The van der Waals surface area contributed by atoms with Crippen molar-refractivity contribution in [3.8, 4) is 0 Å². The van der Waals surface area contributed by atoms with Crippen molar-refractivity contribution >= 4 is 5.97 Å². The number of unbranched alkanes of at least 4 members (excludes halogenated alkanes) is 1. The second-order valence-corrected chi connectivity index (χ2v) is 2.61. The first-order valence-electron chi connectivity index (χ1n) is 4.41. The molecule has 3 heteroatoms. The molecule has 0 aliphatic rings. The fraction of sp³-hybridized carbons (Fsp3) is 0.500. The van der Waals surface area contributed by atoms with Gasteiger partial charge in [0.15, 0.2) is 0 Å². The van der Waals surface area contributed by atoms with Gasteiger partial charge in [0.25, 0.3) is 0 Å². The molecule has 0 aliphatic heterocycles. The highest BCUT2D eigenvalue weighted by atomic mass is 16.5. The van der Waals surface area contributed by atoms with Gasteiger partial charge in [0, 0.05) is 0 Å². The molecule has 0 aliphatic carbocycles. The van der Waals surface area contributed by atoms with Gasteiger partial charge < -0.3 is 9.64 Å². The Morgan fingerprint density at radius 1 is 1.46 bits per heavy atom. The summed E-state index contributed by atoms with van der Waals surface area (Å²) >= 11 is 0. The van der Waals surface area contributed by atoms with Gasteiger partial charge in [-0.2, -0.15) is 0 Å². The standard InChI is InChI=1S/C10H17NO2/c1-4-7-8-13-10(12)9-11(5-2)6-3/h5-6H,2-4,7-9H2,1H3. The van der Waals surface area contributed by atoms with Crippen LogP contribution in [-0.4, -0.2) is 24.0 Å². The zero-order valence-corrected chi connectivity index (χ0v) is 8.16. The van der Waals surface area contributed by atoms with Crippen molar-refractivity contribution in [1.82, 2.24) is 4.90 Å². The monoisotopic (exact) mass is 183 g/mol. The van der Waals surface area contributed by atoms with Gasteiger partial charge in [0.05, 0.1) is 6.61 Å². The van der Waals surface area contributed by atoms with E-state index in [4.69, 9.17) is 4.74 Å². The molecule has 74 valence electrons. The Balaban J connectivity index is 3.60. The fourth-order valence-corrected chi connectivity index (χ4v) is 0.729. The summed E-state index contributed by atoms with van der Waals surface area (Å²) in [5, 5.41) is 0. The van der Waals surface area contributed by atoms with Crippen molar-refractivity contribution < 1.29 is 9.53 Å². The van der Waals surface area contributed by atoms with Crippen LogP contribution in [0.25, 0.3) is 0 Å². The minimum absolute atomic E-state index is 0.191. The summed E-state index contributed by atoms with van der Waals surface area (Å²) in [7, 11) is 0. The Labute approximate surface area is 79.7 Å². The number of hydrogen-bond acceptors (Lipinski definition) is 3. The van der Waals surface area contributed by atoms with Gasteiger partial charge in [0.2, 0.25) is 0 Å². The summed E-state index contributed by atoms with van der Waals surface area (Å²) in [4.78, 5) is 12.7. The lowest BCUT2D eigenvalue weighted by Crippen LogP contribution is -2.22. The van der Waals surface area contributed by atoms with Gasteiger partial charge in [0.1, 0.15) is 6.54 Å². The van der Waals surface area contributed by atoms with Crippen molar-refractivity contribution in [2.45, 2.75) is 19.8 Å². The van der Waals surface area contributed by atoms with Gasteiger partial charge in [-0.1, -0.05) is 26.5 Å². The molecule has 0 heterocycles. The van der Waals surface area contributed by atoms with Gasteiger partial charge >= 0.3 is 5.97 Å². The largest absolute Gasteiger partial charge is 0.464 e. The van der Waals surface area contributed by atoms with Crippen LogP contribution in [0.4, 0.5) is 0 Å². The third-order valence-corrected chi connectivity index (χ3v) is 1.54. The molecule has 3 nitrogen and oxygen atoms in total. The number of carbonyl (C=O) groups excluding carboxylic acids is 1. The smallest absolute Gasteiger partial charge is 0.325 e. The second kappa shape index (κ2) is 7.40. The normalized spacial score (nSPS) is 9.00. The maximum atomic E-state index is 11.1. The van der Waals surface area contributed by atoms with E-state index in [1.165, 1.54) is 12.4 Å². The summed E-state index contributed by atoms with van der Waals surface area (Å²) in [5.41, 5.74) is 0. The lowest BCUT2D eigenvalue weighted by atomic mass is 10.4. The van der Waals surface area contributed by atoms with Crippen LogP contribution in [0.15, 0.2) is 25.6 Å². The molecule has 0 aromatic rings. The Morgan fingerprint density at radius 3 is 2.54 bits per heavy atom. The van der Waals surface area contributed by atoms with Crippen molar-refractivity contribution in [1.29, 1.82) is 0 Å². The van der Waals surface area contributed by atoms with Gasteiger partial charge in [-0.05, 0) is 18.8 Å². The van der Waals surface area contributed by atoms with Crippen LogP contribution in [0.3, 0.4) is 0 Å². The first kappa shape index (κ1) is 11.8. The molecular weight excluding hydrogens is 166 g/mol. The Hall–Kier alpha value is -1.25. The zero-order valence-electron chi connectivity index (χ0n) is 8.16. The number of nitrogens with zero attached hydrogens (tertiary/aromatic N) is 1. The molecule has 0 N–H and O–H groups in total. The van der Waals surface area contributed by atoms with Crippen LogP contribution in [0.1, 0.15) is 19.8 Å². The molecule has 0 saturated heterocycles. The first-order chi connectivity index (χ1) is 6.24.